The van der Waals surface area contributed by atoms with Crippen molar-refractivity contribution in [3.63, 3.8) is 0 Å². The molecule has 1 aromatic heterocycles. The predicted molar refractivity (Wildman–Crippen MR) is 85.8 cm³/mol. The van der Waals surface area contributed by atoms with E-state index in [-0.39, 0.29) is 11.5 Å². The molecule has 0 aliphatic carbocycles. The van der Waals surface area contributed by atoms with Gasteiger partial charge >= 0.3 is 0 Å². The van der Waals surface area contributed by atoms with Crippen molar-refractivity contribution in [2.75, 3.05) is 0 Å². The molecular weight excluding hydrogens is 266 g/mol. The van der Waals surface area contributed by atoms with Crippen molar-refractivity contribution in [2.24, 2.45) is 5.84 Å². The Morgan fingerprint density at radius 3 is 2.35 bits per heavy atom. The molecule has 2 rings (SSSR count). The minimum atomic E-state index is 0.127. The van der Waals surface area contributed by atoms with Crippen molar-refractivity contribution in [2.45, 2.75) is 45.6 Å². The molecule has 0 saturated carbocycles. The van der Waals surface area contributed by atoms with Crippen LogP contribution in [-0.4, -0.2) is 4.98 Å². The van der Waals surface area contributed by atoms with E-state index < -0.39 is 0 Å². The quantitative estimate of drug-likeness (QED) is 0.669. The summed E-state index contributed by atoms with van der Waals surface area (Å²) in [6.07, 6.45) is 2.79. The first-order valence-electron chi connectivity index (χ1n) is 6.88. The summed E-state index contributed by atoms with van der Waals surface area (Å²) in [5.74, 6) is 5.69. The zero-order chi connectivity index (χ0) is 14.8. The van der Waals surface area contributed by atoms with Crippen LogP contribution in [0.4, 0.5) is 0 Å². The number of hydrogen-bond donors (Lipinski definition) is 2. The molecule has 0 aliphatic heterocycles. The van der Waals surface area contributed by atoms with Gasteiger partial charge in [0.2, 0.25) is 0 Å². The summed E-state index contributed by atoms with van der Waals surface area (Å²) < 4.78 is 0. The van der Waals surface area contributed by atoms with Crippen LogP contribution in [0.15, 0.2) is 30.5 Å². The lowest BCUT2D eigenvalue weighted by molar-refractivity contribution is 0.558. The van der Waals surface area contributed by atoms with E-state index >= 15 is 0 Å². The highest BCUT2D eigenvalue weighted by Crippen LogP contribution is 2.26. The van der Waals surface area contributed by atoms with Crippen molar-refractivity contribution in [3.8, 4) is 0 Å². The second-order valence-corrected chi connectivity index (χ2v) is 7.42. The third-order valence-corrected chi connectivity index (χ3v) is 4.47. The maximum absolute atomic E-state index is 5.69. The van der Waals surface area contributed by atoms with Gasteiger partial charge in [0.15, 0.2) is 0 Å². The Bertz CT molecular complexity index is 552. The van der Waals surface area contributed by atoms with Crippen molar-refractivity contribution < 1.29 is 0 Å². The molecule has 0 saturated heterocycles. The van der Waals surface area contributed by atoms with Crippen LogP contribution < -0.4 is 11.3 Å². The van der Waals surface area contributed by atoms with Crippen LogP contribution in [0.25, 0.3) is 0 Å². The lowest BCUT2D eigenvalue weighted by Crippen LogP contribution is -2.29. The molecule has 2 aromatic rings. The van der Waals surface area contributed by atoms with Gasteiger partial charge in [0.1, 0.15) is 0 Å². The second kappa shape index (κ2) is 6.04. The number of benzene rings is 1. The lowest BCUT2D eigenvalue weighted by Gasteiger charge is -2.20. The minimum Gasteiger partial charge on any atom is -0.271 e. The topological polar surface area (TPSA) is 50.9 Å². The van der Waals surface area contributed by atoms with E-state index in [9.17, 15) is 0 Å². The zero-order valence-corrected chi connectivity index (χ0v) is 13.4. The van der Waals surface area contributed by atoms with E-state index in [0.29, 0.717) is 0 Å². The largest absolute Gasteiger partial charge is 0.271 e. The molecule has 1 aromatic carbocycles. The molecule has 0 fully saturated rings. The summed E-state index contributed by atoms with van der Waals surface area (Å²) in [4.78, 5) is 5.48. The van der Waals surface area contributed by atoms with Crippen molar-refractivity contribution in [3.05, 3.63) is 51.5 Å². The number of hydrogen-bond acceptors (Lipinski definition) is 4. The SMILES string of the molecule is Cc1ncc(C(Cc2ccc(C(C)(C)C)cc2)NN)s1. The Morgan fingerprint density at radius 2 is 1.90 bits per heavy atom. The van der Waals surface area contributed by atoms with Crippen LogP contribution in [0.2, 0.25) is 0 Å². The molecule has 3 N–H and O–H groups in total. The summed E-state index contributed by atoms with van der Waals surface area (Å²) in [6.45, 7) is 8.70. The third-order valence-electron chi connectivity index (χ3n) is 3.44. The molecule has 20 heavy (non-hydrogen) atoms. The average molecular weight is 289 g/mol. The van der Waals surface area contributed by atoms with E-state index in [1.54, 1.807) is 11.3 Å². The molecule has 0 aliphatic rings. The highest BCUT2D eigenvalue weighted by Gasteiger charge is 2.15. The molecule has 4 heteroatoms. The molecule has 0 bridgehead atoms. The van der Waals surface area contributed by atoms with Crippen molar-refractivity contribution in [1.29, 1.82) is 0 Å². The summed E-state index contributed by atoms with van der Waals surface area (Å²) in [7, 11) is 0. The summed E-state index contributed by atoms with van der Waals surface area (Å²) in [5.41, 5.74) is 5.73. The normalized spacial score (nSPS) is 13.4. The highest BCUT2D eigenvalue weighted by atomic mass is 32.1. The average Bonchev–Trinajstić information content (AvgIpc) is 2.82. The van der Waals surface area contributed by atoms with E-state index in [1.165, 1.54) is 16.0 Å². The van der Waals surface area contributed by atoms with E-state index in [4.69, 9.17) is 5.84 Å². The number of nitrogens with zero attached hydrogens (tertiary/aromatic N) is 1. The summed E-state index contributed by atoms with van der Waals surface area (Å²) >= 11 is 1.69. The summed E-state index contributed by atoms with van der Waals surface area (Å²) in [6, 6.07) is 8.93. The number of aryl methyl sites for hydroxylation is 1. The third kappa shape index (κ3) is 3.66. The van der Waals surface area contributed by atoms with Crippen molar-refractivity contribution in [1.82, 2.24) is 10.4 Å². The van der Waals surface area contributed by atoms with Crippen molar-refractivity contribution >= 4 is 11.3 Å². The van der Waals surface area contributed by atoms with E-state index in [1.807, 2.05) is 13.1 Å². The molecular formula is C16H23N3S. The monoisotopic (exact) mass is 289 g/mol. The summed E-state index contributed by atoms with van der Waals surface area (Å²) in [5, 5.41) is 1.07. The molecule has 0 amide bonds. The fraction of sp³-hybridized carbons (Fsp3) is 0.438. The number of nitrogens with two attached hydrogens (primary N) is 1. The van der Waals surface area contributed by atoms with Gasteiger partial charge in [-0.05, 0) is 29.9 Å². The molecule has 1 unspecified atom stereocenters. The van der Waals surface area contributed by atoms with Crippen LogP contribution >= 0.6 is 11.3 Å². The number of rotatable bonds is 4. The Balaban J connectivity index is 2.12. The van der Waals surface area contributed by atoms with Gasteiger partial charge in [-0.2, -0.15) is 0 Å². The first kappa shape index (κ1) is 15.2. The zero-order valence-electron chi connectivity index (χ0n) is 12.6. The van der Waals surface area contributed by atoms with Gasteiger partial charge in [-0.1, -0.05) is 45.0 Å². The van der Waals surface area contributed by atoms with Crippen LogP contribution in [0.5, 0.6) is 0 Å². The molecule has 1 atom stereocenters. The van der Waals surface area contributed by atoms with Gasteiger partial charge < -0.3 is 0 Å². The molecule has 0 spiro atoms. The number of hydrazine groups is 1. The highest BCUT2D eigenvalue weighted by molar-refractivity contribution is 7.11. The first-order valence-corrected chi connectivity index (χ1v) is 7.69. The van der Waals surface area contributed by atoms with Gasteiger partial charge in [-0.25, -0.2) is 4.98 Å². The minimum absolute atomic E-state index is 0.127. The molecule has 0 radical (unpaired) electrons. The Labute approximate surface area is 125 Å². The van der Waals surface area contributed by atoms with Gasteiger partial charge in [0.25, 0.3) is 0 Å². The number of aromatic nitrogens is 1. The van der Waals surface area contributed by atoms with Crippen LogP contribution in [0.3, 0.4) is 0 Å². The first-order chi connectivity index (χ1) is 9.40. The van der Waals surface area contributed by atoms with E-state index in [0.717, 1.165) is 11.4 Å². The maximum atomic E-state index is 5.69. The predicted octanol–water partition coefficient (Wildman–Crippen LogP) is 3.50. The second-order valence-electron chi connectivity index (χ2n) is 6.15. The Kier molecular flexibility index (Phi) is 4.58. The Morgan fingerprint density at radius 1 is 1.25 bits per heavy atom. The fourth-order valence-corrected chi connectivity index (χ4v) is 3.00. The fourth-order valence-electron chi connectivity index (χ4n) is 2.16. The van der Waals surface area contributed by atoms with Crippen LogP contribution in [0.1, 0.15) is 47.8 Å². The Hall–Kier alpha value is -1.23. The van der Waals surface area contributed by atoms with Gasteiger partial charge in [-0.15, -0.1) is 11.3 Å². The standard InChI is InChI=1S/C16H23N3S/c1-11-18-10-15(20-11)14(19-17)9-12-5-7-13(8-6-12)16(2,3)4/h5-8,10,14,19H,9,17H2,1-4H3. The van der Waals surface area contributed by atoms with Crippen LogP contribution in [-0.2, 0) is 11.8 Å². The smallest absolute Gasteiger partial charge is 0.0897 e. The lowest BCUT2D eigenvalue weighted by atomic mass is 9.86. The number of thiazole rings is 1. The van der Waals surface area contributed by atoms with Crippen LogP contribution in [0, 0.1) is 6.92 Å². The number of nitrogens with one attached hydrogen (secondary N) is 1. The van der Waals surface area contributed by atoms with Gasteiger partial charge in [0.05, 0.1) is 11.0 Å². The maximum Gasteiger partial charge on any atom is 0.0897 e. The van der Waals surface area contributed by atoms with Gasteiger partial charge in [0, 0.05) is 11.1 Å². The molecule has 108 valence electrons. The molecule has 1 heterocycles. The molecule has 3 nitrogen and oxygen atoms in total. The van der Waals surface area contributed by atoms with E-state index in [2.05, 4.69) is 55.4 Å². The van der Waals surface area contributed by atoms with Gasteiger partial charge in [-0.3, -0.25) is 11.3 Å².